The molecule has 0 saturated heterocycles. The maximum Gasteiger partial charge on any atom is 0.327 e. The van der Waals surface area contributed by atoms with Gasteiger partial charge < -0.3 is 9.88 Å². The molecule has 0 spiro atoms. The average molecular weight is 225 g/mol. The number of nitrogens with zero attached hydrogens (tertiary/aromatic N) is 2. The van der Waals surface area contributed by atoms with Crippen molar-refractivity contribution >= 4 is 0 Å². The summed E-state index contributed by atoms with van der Waals surface area (Å²) in [5.41, 5.74) is 0.0689. The zero-order valence-corrected chi connectivity index (χ0v) is 10.6. The molecular weight excluding hydrogens is 202 g/mol. The second kappa shape index (κ2) is 6.53. The van der Waals surface area contributed by atoms with Crippen LogP contribution < -0.4 is 11.0 Å². The molecular formula is C12H23N3O. The molecule has 0 amide bonds. The zero-order chi connectivity index (χ0) is 12.0. The first-order valence-electron chi connectivity index (χ1n) is 6.14. The van der Waals surface area contributed by atoms with Gasteiger partial charge in [-0.15, -0.1) is 0 Å². The average Bonchev–Trinajstić information content (AvgIpc) is 2.58. The highest BCUT2D eigenvalue weighted by Crippen LogP contribution is 1.99. The Labute approximate surface area is 97.3 Å². The molecule has 1 unspecified atom stereocenters. The first-order chi connectivity index (χ1) is 7.69. The molecule has 1 N–H and O–H groups in total. The number of hydrogen-bond acceptors (Lipinski definition) is 2. The number of nitrogens with one attached hydrogen (secondary N) is 1. The van der Waals surface area contributed by atoms with Crippen LogP contribution in [-0.4, -0.2) is 21.7 Å². The van der Waals surface area contributed by atoms with Gasteiger partial charge in [0.1, 0.15) is 0 Å². The SMILES string of the molecule is CCCNC(CCC)Cn1ccn(C)c1=O. The lowest BCUT2D eigenvalue weighted by Gasteiger charge is -2.17. The van der Waals surface area contributed by atoms with Gasteiger partial charge in [-0.3, -0.25) is 4.57 Å². The minimum absolute atomic E-state index is 0.0689. The first-order valence-corrected chi connectivity index (χ1v) is 6.14. The van der Waals surface area contributed by atoms with Crippen LogP contribution in [0.5, 0.6) is 0 Å². The summed E-state index contributed by atoms with van der Waals surface area (Å²) >= 11 is 0. The molecule has 92 valence electrons. The molecule has 1 aromatic rings. The van der Waals surface area contributed by atoms with Crippen molar-refractivity contribution in [2.24, 2.45) is 7.05 Å². The Bertz CT molecular complexity index is 353. The lowest BCUT2D eigenvalue weighted by Crippen LogP contribution is -2.37. The highest BCUT2D eigenvalue weighted by molar-refractivity contribution is 4.82. The van der Waals surface area contributed by atoms with Crippen LogP contribution in [0, 0.1) is 0 Å². The van der Waals surface area contributed by atoms with Gasteiger partial charge >= 0.3 is 5.69 Å². The minimum atomic E-state index is 0.0689. The summed E-state index contributed by atoms with van der Waals surface area (Å²) in [5.74, 6) is 0. The topological polar surface area (TPSA) is 39.0 Å². The molecule has 0 radical (unpaired) electrons. The monoisotopic (exact) mass is 225 g/mol. The minimum Gasteiger partial charge on any atom is -0.312 e. The summed E-state index contributed by atoms with van der Waals surface area (Å²) in [7, 11) is 1.78. The summed E-state index contributed by atoms with van der Waals surface area (Å²) in [6.07, 6.45) is 7.05. The molecule has 4 nitrogen and oxygen atoms in total. The van der Waals surface area contributed by atoms with Crippen LogP contribution in [-0.2, 0) is 13.6 Å². The number of hydrogen-bond donors (Lipinski definition) is 1. The Morgan fingerprint density at radius 1 is 1.31 bits per heavy atom. The van der Waals surface area contributed by atoms with Crippen molar-refractivity contribution in [3.63, 3.8) is 0 Å². The van der Waals surface area contributed by atoms with E-state index in [-0.39, 0.29) is 5.69 Å². The fraction of sp³-hybridized carbons (Fsp3) is 0.750. The fourth-order valence-electron chi connectivity index (χ4n) is 1.84. The summed E-state index contributed by atoms with van der Waals surface area (Å²) < 4.78 is 3.39. The molecule has 0 bridgehead atoms. The maximum absolute atomic E-state index is 11.7. The van der Waals surface area contributed by atoms with Crippen LogP contribution in [0.3, 0.4) is 0 Å². The van der Waals surface area contributed by atoms with Gasteiger partial charge in [-0.05, 0) is 19.4 Å². The maximum atomic E-state index is 11.7. The van der Waals surface area contributed by atoms with Crippen molar-refractivity contribution in [1.29, 1.82) is 0 Å². The third kappa shape index (κ3) is 3.52. The molecule has 1 atom stereocenters. The quantitative estimate of drug-likeness (QED) is 0.761. The van der Waals surface area contributed by atoms with E-state index in [0.29, 0.717) is 6.04 Å². The highest BCUT2D eigenvalue weighted by atomic mass is 16.1. The third-order valence-electron chi connectivity index (χ3n) is 2.75. The van der Waals surface area contributed by atoms with E-state index >= 15 is 0 Å². The molecule has 0 aromatic carbocycles. The standard InChI is InChI=1S/C12H23N3O/c1-4-6-11(13-7-5-2)10-15-9-8-14(3)12(15)16/h8-9,11,13H,4-7,10H2,1-3H3. The molecule has 0 aliphatic heterocycles. The lowest BCUT2D eigenvalue weighted by atomic mass is 10.1. The van der Waals surface area contributed by atoms with E-state index in [9.17, 15) is 4.79 Å². The van der Waals surface area contributed by atoms with Gasteiger partial charge in [0, 0.05) is 32.0 Å². The number of rotatable bonds is 7. The van der Waals surface area contributed by atoms with Crippen LogP contribution in [0.4, 0.5) is 0 Å². The van der Waals surface area contributed by atoms with Crippen molar-refractivity contribution in [1.82, 2.24) is 14.5 Å². The van der Waals surface area contributed by atoms with Gasteiger partial charge in [0.2, 0.25) is 0 Å². The first kappa shape index (κ1) is 13.0. The summed E-state index contributed by atoms with van der Waals surface area (Å²) in [5, 5.41) is 3.49. The number of aryl methyl sites for hydroxylation is 1. The second-order valence-electron chi connectivity index (χ2n) is 4.28. The van der Waals surface area contributed by atoms with Crippen molar-refractivity contribution in [2.75, 3.05) is 6.54 Å². The summed E-state index contributed by atoms with van der Waals surface area (Å²) in [4.78, 5) is 11.7. The van der Waals surface area contributed by atoms with E-state index in [1.165, 1.54) is 0 Å². The smallest absolute Gasteiger partial charge is 0.312 e. The predicted octanol–water partition coefficient (Wildman–Crippen LogP) is 1.36. The van der Waals surface area contributed by atoms with Crippen LogP contribution in [0.15, 0.2) is 17.2 Å². The number of aromatic nitrogens is 2. The number of imidazole rings is 1. The van der Waals surface area contributed by atoms with E-state index in [1.807, 2.05) is 12.4 Å². The Balaban J connectivity index is 2.60. The molecule has 1 heterocycles. The van der Waals surface area contributed by atoms with Gasteiger partial charge in [-0.2, -0.15) is 0 Å². The molecule has 0 aliphatic rings. The van der Waals surface area contributed by atoms with Crippen molar-refractivity contribution in [3.8, 4) is 0 Å². The van der Waals surface area contributed by atoms with Crippen LogP contribution >= 0.6 is 0 Å². The molecule has 1 aromatic heterocycles. The molecule has 4 heteroatoms. The van der Waals surface area contributed by atoms with Gasteiger partial charge in [0.15, 0.2) is 0 Å². The Morgan fingerprint density at radius 3 is 2.56 bits per heavy atom. The van der Waals surface area contributed by atoms with Crippen molar-refractivity contribution in [2.45, 2.75) is 45.7 Å². The van der Waals surface area contributed by atoms with Gasteiger partial charge in [-0.25, -0.2) is 4.79 Å². The lowest BCUT2D eigenvalue weighted by molar-refractivity contribution is 0.413. The molecule has 0 aliphatic carbocycles. The molecule has 1 rings (SSSR count). The molecule has 0 saturated carbocycles. The normalized spacial score (nSPS) is 12.9. The van der Waals surface area contributed by atoms with E-state index in [0.717, 1.165) is 32.4 Å². The van der Waals surface area contributed by atoms with E-state index in [4.69, 9.17) is 0 Å². The van der Waals surface area contributed by atoms with Gasteiger partial charge in [0.05, 0.1) is 0 Å². The van der Waals surface area contributed by atoms with E-state index in [2.05, 4.69) is 19.2 Å². The zero-order valence-electron chi connectivity index (χ0n) is 10.6. The van der Waals surface area contributed by atoms with Crippen molar-refractivity contribution < 1.29 is 0 Å². The largest absolute Gasteiger partial charge is 0.327 e. The Hall–Kier alpha value is -1.03. The van der Waals surface area contributed by atoms with Crippen LogP contribution in [0.25, 0.3) is 0 Å². The van der Waals surface area contributed by atoms with Gasteiger partial charge in [0.25, 0.3) is 0 Å². The van der Waals surface area contributed by atoms with Gasteiger partial charge in [-0.1, -0.05) is 20.3 Å². The highest BCUT2D eigenvalue weighted by Gasteiger charge is 2.09. The van der Waals surface area contributed by atoms with E-state index in [1.54, 1.807) is 16.2 Å². The van der Waals surface area contributed by atoms with Crippen LogP contribution in [0.1, 0.15) is 33.1 Å². The molecule has 16 heavy (non-hydrogen) atoms. The van der Waals surface area contributed by atoms with E-state index < -0.39 is 0 Å². The second-order valence-corrected chi connectivity index (χ2v) is 4.28. The molecule has 0 fully saturated rings. The summed E-state index contributed by atoms with van der Waals surface area (Å²) in [6, 6.07) is 0.407. The fourth-order valence-corrected chi connectivity index (χ4v) is 1.84. The summed E-state index contributed by atoms with van der Waals surface area (Å²) in [6.45, 7) is 6.12. The Kier molecular flexibility index (Phi) is 5.32. The third-order valence-corrected chi connectivity index (χ3v) is 2.75. The predicted molar refractivity (Wildman–Crippen MR) is 66.7 cm³/mol. The van der Waals surface area contributed by atoms with Crippen LogP contribution in [0.2, 0.25) is 0 Å². The van der Waals surface area contributed by atoms with Crippen molar-refractivity contribution in [3.05, 3.63) is 22.9 Å². The Morgan fingerprint density at radius 2 is 2.06 bits per heavy atom.